The quantitative estimate of drug-likeness (QED) is 0.0647. The van der Waals surface area contributed by atoms with E-state index in [1.165, 1.54) is 24.3 Å². The van der Waals surface area contributed by atoms with Gasteiger partial charge in [0.25, 0.3) is 0 Å². The van der Waals surface area contributed by atoms with Crippen molar-refractivity contribution in [3.8, 4) is 5.75 Å². The van der Waals surface area contributed by atoms with Gasteiger partial charge in [-0.3, -0.25) is 52.7 Å². The Bertz CT molecular complexity index is 1910. The van der Waals surface area contributed by atoms with Crippen molar-refractivity contribution < 1.29 is 67.5 Å². The second-order valence-corrected chi connectivity index (χ2v) is 17.0. The van der Waals surface area contributed by atoms with Gasteiger partial charge < -0.3 is 74.1 Å². The fourth-order valence-corrected chi connectivity index (χ4v) is 7.29. The van der Waals surface area contributed by atoms with Crippen LogP contribution in [0.15, 0.2) is 24.3 Å². The first kappa shape index (κ1) is 54.6. The summed E-state index contributed by atoms with van der Waals surface area (Å²) in [6, 6.07) is -3.58. The van der Waals surface area contributed by atoms with Crippen LogP contribution in [0.1, 0.15) is 57.9 Å². The molecule has 360 valence electrons. The minimum absolute atomic E-state index is 0.0669. The highest BCUT2D eigenvalue weighted by Gasteiger charge is 2.36. The van der Waals surface area contributed by atoms with E-state index in [1.54, 1.807) is 13.8 Å². The highest BCUT2D eigenvalue weighted by molar-refractivity contribution is 7.91. The van der Waals surface area contributed by atoms with Gasteiger partial charge in [0.2, 0.25) is 65.0 Å². The van der Waals surface area contributed by atoms with E-state index in [2.05, 4.69) is 37.2 Å². The van der Waals surface area contributed by atoms with E-state index in [4.69, 9.17) is 17.2 Å². The van der Waals surface area contributed by atoms with Crippen molar-refractivity contribution in [1.82, 2.24) is 42.1 Å². The minimum Gasteiger partial charge on any atom is -0.616 e. The van der Waals surface area contributed by atoms with Gasteiger partial charge in [0, 0.05) is 26.3 Å². The number of carbonyl (C=O) groups excluding carboxylic acids is 11. The van der Waals surface area contributed by atoms with Gasteiger partial charge in [0.1, 0.15) is 53.5 Å². The zero-order valence-corrected chi connectivity index (χ0v) is 37.0. The molecule has 2 rings (SSSR count). The van der Waals surface area contributed by atoms with E-state index >= 15 is 0 Å². The highest BCUT2D eigenvalue weighted by atomic mass is 32.2. The average molecular weight is 938 g/mol. The maximum atomic E-state index is 13.9. The lowest BCUT2D eigenvalue weighted by atomic mass is 9.96. The van der Waals surface area contributed by atoms with Crippen LogP contribution in [0.4, 0.5) is 0 Å². The van der Waals surface area contributed by atoms with Gasteiger partial charge >= 0.3 is 0 Å². The lowest BCUT2D eigenvalue weighted by Gasteiger charge is -2.29. The number of benzene rings is 1. The number of carbonyl (C=O) groups is 11. The summed E-state index contributed by atoms with van der Waals surface area (Å²) in [7, 11) is 1.12. The standard InChI is InChI=1S/C39H59N11O14S/c1-4-20(2)33-38(62)46-23(9-10-28(40)53)35(59)48-26(16-29(41)54)36(60)47-24(39(63)50(3)18-32(57)45-27(19-51)34(58)43-17-30(42)55)11-13-65(64)14-12-31(56)44-25(37(61)49-33)15-21-5-7-22(52)8-6-21/h5-8,20,23-27,33,51-52H,4,9-19H2,1-3H3,(H2,40,53)(H2,41,54)(H2,42,55)(H,43,58)(H,44,56)(H,45,57)(H,46,62)(H,47,60)(H,48,59)(H,49,61)/t20-,23-,24-,25-,26-,27-,33-,65?/m0/s1. The molecule has 0 aromatic heterocycles. The van der Waals surface area contributed by atoms with Crippen LogP contribution in [0, 0.1) is 5.92 Å². The number of primary amides is 3. The van der Waals surface area contributed by atoms with E-state index in [9.17, 15) is 67.5 Å². The molecule has 1 aliphatic heterocycles. The van der Waals surface area contributed by atoms with Crippen molar-refractivity contribution >= 4 is 76.2 Å². The van der Waals surface area contributed by atoms with E-state index < -0.39 is 170 Å². The van der Waals surface area contributed by atoms with Crippen LogP contribution in [0.2, 0.25) is 0 Å². The fourth-order valence-electron chi connectivity index (χ4n) is 6.18. The summed E-state index contributed by atoms with van der Waals surface area (Å²) < 4.78 is 13.3. The van der Waals surface area contributed by atoms with Gasteiger partial charge in [-0.2, -0.15) is 0 Å². The Labute approximate surface area is 377 Å². The summed E-state index contributed by atoms with van der Waals surface area (Å²) in [5, 5.41) is 36.0. The number of rotatable bonds is 17. The summed E-state index contributed by atoms with van der Waals surface area (Å²) in [6.07, 6.45) is -2.38. The third-order valence-electron chi connectivity index (χ3n) is 10.0. The SMILES string of the molecule is CC[C@H](C)[C@@H]1NC(=O)[C@H](Cc2ccc(O)cc2)NC(=O)CC[S+]([O-])CC[C@@H](C(=O)N(C)CC(=O)N[C@@H](CO)C(=O)NCC(N)=O)NC(=O)[C@H](CC(N)=O)NC(=O)[C@H](CCC(N)=O)NC1=O. The van der Waals surface area contributed by atoms with E-state index in [1.807, 2.05) is 0 Å². The molecule has 26 heteroatoms. The molecule has 11 amide bonds. The third kappa shape index (κ3) is 19.4. The predicted molar refractivity (Wildman–Crippen MR) is 229 cm³/mol. The molecule has 15 N–H and O–H groups in total. The summed E-state index contributed by atoms with van der Waals surface area (Å²) in [4.78, 5) is 144. The number of hydrogen-bond acceptors (Lipinski definition) is 14. The molecule has 0 spiro atoms. The van der Waals surface area contributed by atoms with Crippen LogP contribution < -0.4 is 54.4 Å². The number of aromatic hydroxyl groups is 1. The summed E-state index contributed by atoms with van der Waals surface area (Å²) in [5.41, 5.74) is 16.3. The maximum Gasteiger partial charge on any atom is 0.245 e. The molecule has 1 saturated heterocycles. The van der Waals surface area contributed by atoms with Crippen molar-refractivity contribution in [2.45, 2.75) is 95.0 Å². The number of likely N-dealkylation sites (N-methyl/N-ethyl adjacent to an activating group) is 1. The Balaban J connectivity index is 2.57. The average Bonchev–Trinajstić information content (AvgIpc) is 3.24. The first-order valence-corrected chi connectivity index (χ1v) is 21.9. The van der Waals surface area contributed by atoms with Crippen LogP contribution in [0.3, 0.4) is 0 Å². The molecule has 65 heavy (non-hydrogen) atoms. The Morgan fingerprint density at radius 2 is 1.46 bits per heavy atom. The number of phenols is 1. The molecule has 1 aromatic rings. The second-order valence-electron chi connectivity index (χ2n) is 15.3. The molecule has 0 radical (unpaired) electrons. The van der Waals surface area contributed by atoms with Crippen LogP contribution in [-0.2, 0) is 70.3 Å². The van der Waals surface area contributed by atoms with Gasteiger partial charge in [-0.1, -0.05) is 43.6 Å². The van der Waals surface area contributed by atoms with Gasteiger partial charge in [0.15, 0.2) is 0 Å². The van der Waals surface area contributed by atoms with Gasteiger partial charge in [0.05, 0.1) is 32.5 Å². The second kappa shape index (κ2) is 26.9. The van der Waals surface area contributed by atoms with Gasteiger partial charge in [-0.25, -0.2) is 0 Å². The Hall–Kier alpha value is -6.54. The number of amides is 11. The van der Waals surface area contributed by atoms with E-state index in [0.717, 1.165) is 11.9 Å². The zero-order chi connectivity index (χ0) is 49.0. The van der Waals surface area contributed by atoms with Crippen molar-refractivity contribution in [1.29, 1.82) is 0 Å². The maximum absolute atomic E-state index is 13.9. The van der Waals surface area contributed by atoms with Crippen LogP contribution in [0.5, 0.6) is 5.75 Å². The number of aliphatic hydroxyl groups excluding tert-OH is 1. The molecule has 0 saturated carbocycles. The monoisotopic (exact) mass is 937 g/mol. The summed E-state index contributed by atoms with van der Waals surface area (Å²) in [5.74, 6) is -11.9. The molecule has 25 nitrogen and oxygen atoms in total. The Kier molecular flexibility index (Phi) is 22.6. The molecule has 8 atom stereocenters. The number of phenolic OH excluding ortho intramolecular Hbond substituents is 1. The van der Waals surface area contributed by atoms with Crippen molar-refractivity contribution in [2.75, 3.05) is 38.2 Å². The number of nitrogens with two attached hydrogens (primary N) is 3. The van der Waals surface area contributed by atoms with E-state index in [-0.39, 0.29) is 23.7 Å². The van der Waals surface area contributed by atoms with Crippen molar-refractivity contribution in [2.24, 2.45) is 23.1 Å². The Morgan fingerprint density at radius 1 is 0.846 bits per heavy atom. The smallest absolute Gasteiger partial charge is 0.245 e. The molecule has 1 heterocycles. The molecule has 1 aromatic carbocycles. The summed E-state index contributed by atoms with van der Waals surface area (Å²) >= 11 is -1.89. The predicted octanol–water partition coefficient (Wildman–Crippen LogP) is -6.37. The summed E-state index contributed by atoms with van der Waals surface area (Å²) in [6.45, 7) is 1.04. The molecule has 0 aliphatic carbocycles. The van der Waals surface area contributed by atoms with Gasteiger partial charge in [-0.05, 0) is 30.0 Å². The molecule has 1 fully saturated rings. The zero-order valence-electron chi connectivity index (χ0n) is 36.2. The minimum atomic E-state index is -1.89. The lowest BCUT2D eigenvalue weighted by molar-refractivity contribution is -0.140. The third-order valence-corrected chi connectivity index (χ3v) is 11.4. The van der Waals surface area contributed by atoms with Crippen LogP contribution in [0.25, 0.3) is 0 Å². The number of aliphatic hydroxyl groups is 1. The lowest BCUT2D eigenvalue weighted by Crippen LogP contribution is -2.61. The molecule has 0 bridgehead atoms. The topological polar surface area (TPSA) is 417 Å². The van der Waals surface area contributed by atoms with Gasteiger partial charge in [-0.15, -0.1) is 0 Å². The van der Waals surface area contributed by atoms with Crippen LogP contribution >= 0.6 is 0 Å². The molecule has 1 unspecified atom stereocenters. The number of nitrogens with one attached hydrogen (secondary N) is 7. The van der Waals surface area contributed by atoms with Crippen molar-refractivity contribution in [3.63, 3.8) is 0 Å². The normalized spacial score (nSPS) is 22.5. The van der Waals surface area contributed by atoms with E-state index in [0.29, 0.717) is 12.0 Å². The molecular weight excluding hydrogens is 879 g/mol. The Morgan fingerprint density at radius 3 is 2.05 bits per heavy atom. The first-order valence-electron chi connectivity index (χ1n) is 20.5. The molecule has 1 aliphatic rings. The number of nitrogens with zero attached hydrogens (tertiary/aromatic N) is 1. The largest absolute Gasteiger partial charge is 0.616 e. The highest BCUT2D eigenvalue weighted by Crippen LogP contribution is 2.15. The number of hydrogen-bond donors (Lipinski definition) is 12. The van der Waals surface area contributed by atoms with Crippen LogP contribution in [-0.4, -0.2) is 159 Å². The first-order chi connectivity index (χ1) is 30.5. The molecular formula is C39H59N11O14S. The van der Waals surface area contributed by atoms with Crippen molar-refractivity contribution in [3.05, 3.63) is 29.8 Å². The fraction of sp³-hybridized carbons (Fsp3) is 0.564.